The molecule has 0 saturated heterocycles. The lowest BCUT2D eigenvalue weighted by Gasteiger charge is -2.24. The molecule has 0 spiro atoms. The van der Waals surface area contributed by atoms with Gasteiger partial charge in [0.05, 0.1) is 31.1 Å². The number of esters is 2. The third-order valence-electron chi connectivity index (χ3n) is 5.18. The van der Waals surface area contributed by atoms with Crippen molar-refractivity contribution >= 4 is 30.4 Å². The molecule has 0 fully saturated rings. The lowest BCUT2D eigenvalue weighted by Crippen LogP contribution is -2.45. The van der Waals surface area contributed by atoms with E-state index in [0.717, 1.165) is 11.1 Å². The molecule has 4 unspecified atom stereocenters. The second-order valence-electron chi connectivity index (χ2n) is 10.1. The molecule has 0 heterocycles. The van der Waals surface area contributed by atoms with E-state index in [-0.39, 0.29) is 45.9 Å². The number of alkyl carbamates (subject to hydrolysis) is 1. The molecule has 0 bridgehead atoms. The van der Waals surface area contributed by atoms with Crippen molar-refractivity contribution in [3.8, 4) is 0 Å². The topological polar surface area (TPSA) is 157 Å². The molecule has 232 valence electrons. The van der Waals surface area contributed by atoms with Gasteiger partial charge in [-0.15, -0.1) is 12.4 Å². The van der Waals surface area contributed by atoms with E-state index in [2.05, 4.69) is 5.32 Å². The molecule has 0 aliphatic carbocycles. The van der Waals surface area contributed by atoms with Crippen LogP contribution < -0.4 is 11.1 Å². The molecule has 0 radical (unpaired) electrons. The van der Waals surface area contributed by atoms with Gasteiger partial charge in [0, 0.05) is 6.04 Å². The number of nitrogens with two attached hydrogens (primary N) is 1. The van der Waals surface area contributed by atoms with Crippen LogP contribution in [0.1, 0.15) is 66.0 Å². The molecule has 2 aromatic rings. The molecule has 0 aliphatic heterocycles. The van der Waals surface area contributed by atoms with E-state index in [1.165, 1.54) is 6.92 Å². The second kappa shape index (κ2) is 20.7. The van der Waals surface area contributed by atoms with Crippen molar-refractivity contribution in [3.63, 3.8) is 0 Å². The summed E-state index contributed by atoms with van der Waals surface area (Å²) < 4.78 is 15.3. The summed E-state index contributed by atoms with van der Waals surface area (Å²) in [7, 11) is 0. The van der Waals surface area contributed by atoms with Gasteiger partial charge in [-0.1, -0.05) is 68.1 Å². The Kier molecular flexibility index (Phi) is 20.1. The first-order chi connectivity index (χ1) is 18.3. The third-order valence-corrected chi connectivity index (χ3v) is 5.18. The highest BCUT2D eigenvalue weighted by Crippen LogP contribution is 2.10. The Hall–Kier alpha value is -3.18. The van der Waals surface area contributed by atoms with E-state index in [4.69, 9.17) is 25.1 Å². The lowest BCUT2D eigenvalue weighted by molar-refractivity contribution is -0.147. The maximum Gasteiger partial charge on any atom is 0.407 e. The highest BCUT2D eigenvalue weighted by molar-refractivity contribution is 5.85. The minimum atomic E-state index is -0.910. The third kappa shape index (κ3) is 19.5. The Morgan fingerprint density at radius 3 is 1.59 bits per heavy atom. The summed E-state index contributed by atoms with van der Waals surface area (Å²) in [5, 5.41) is 21.3. The Balaban J connectivity index is 0. The van der Waals surface area contributed by atoms with Crippen molar-refractivity contribution in [2.45, 2.75) is 98.0 Å². The fourth-order valence-electron chi connectivity index (χ4n) is 2.94. The van der Waals surface area contributed by atoms with E-state index in [1.807, 2.05) is 60.7 Å². The number of aliphatic hydroxyl groups excluding tert-OH is 2. The predicted octanol–water partition coefficient (Wildman–Crippen LogP) is 4.28. The molecular weight excluding hydrogens is 552 g/mol. The first kappa shape index (κ1) is 40.0. The van der Waals surface area contributed by atoms with E-state index in [0.29, 0.717) is 0 Å². The molecule has 0 saturated carbocycles. The average molecular weight is 599 g/mol. The summed E-state index contributed by atoms with van der Waals surface area (Å²) in [6.45, 7) is 8.64. The highest BCUT2D eigenvalue weighted by Gasteiger charge is 2.25. The van der Waals surface area contributed by atoms with Gasteiger partial charge in [-0.2, -0.15) is 0 Å². The molecule has 1 amide bonds. The smallest absolute Gasteiger partial charge is 0.407 e. The van der Waals surface area contributed by atoms with Crippen LogP contribution in [0.2, 0.25) is 0 Å². The maximum absolute atomic E-state index is 11.9. The van der Waals surface area contributed by atoms with Crippen LogP contribution >= 0.6 is 12.4 Å². The number of hydrogen-bond acceptors (Lipinski definition) is 9. The monoisotopic (exact) mass is 598 g/mol. The first-order valence-corrected chi connectivity index (χ1v) is 12.8. The summed E-state index contributed by atoms with van der Waals surface area (Å²) in [5.41, 5.74) is 6.69. The minimum absolute atomic E-state index is 0. The van der Waals surface area contributed by atoms with Crippen molar-refractivity contribution in [2.75, 3.05) is 0 Å². The van der Waals surface area contributed by atoms with Gasteiger partial charge in [-0.05, 0) is 45.7 Å². The van der Waals surface area contributed by atoms with E-state index in [1.54, 1.807) is 27.7 Å². The summed E-state index contributed by atoms with van der Waals surface area (Å²) in [5.74, 6) is -0.895. The lowest BCUT2D eigenvalue weighted by atomic mass is 10.1. The average Bonchev–Trinajstić information content (AvgIpc) is 2.86. The van der Waals surface area contributed by atoms with Crippen LogP contribution in [-0.2, 0) is 37.0 Å². The van der Waals surface area contributed by atoms with Crippen LogP contribution in [0.25, 0.3) is 0 Å². The van der Waals surface area contributed by atoms with Gasteiger partial charge in [0.2, 0.25) is 0 Å². The van der Waals surface area contributed by atoms with Crippen molar-refractivity contribution < 1.29 is 38.8 Å². The van der Waals surface area contributed by atoms with Gasteiger partial charge >= 0.3 is 18.0 Å². The van der Waals surface area contributed by atoms with Gasteiger partial charge in [0.1, 0.15) is 18.8 Å². The maximum atomic E-state index is 11.9. The van der Waals surface area contributed by atoms with Gasteiger partial charge < -0.3 is 35.5 Å². The fraction of sp³-hybridized carbons (Fsp3) is 0.500. The van der Waals surface area contributed by atoms with Crippen LogP contribution in [0.3, 0.4) is 0 Å². The molecule has 2 rings (SSSR count). The zero-order valence-corrected chi connectivity index (χ0v) is 24.6. The SMILES string of the molecule is C.CC(O)C(CC(=O)OCc1ccccc1)NC(=O)OC(C)(C)C.CC(O)C(N)CC(=O)OCc1ccccc1.Cl. The standard InChI is InChI=1S/C17H25NO5.C12H17NO3.CH4.ClH/c1-12(19)14(18-16(21)23-17(2,3)4)10-15(20)22-11-13-8-6-5-7-9-13;1-9(14)11(13)7-12(15)16-8-10-5-3-2-4-6-10;;/h5-9,12,14,19H,10-11H2,1-4H3,(H,18,21);2-6,9,11,14H,7-8,13H2,1H3;1H4;1H. The second-order valence-corrected chi connectivity index (χ2v) is 10.1. The molecule has 11 heteroatoms. The van der Waals surface area contributed by atoms with Crippen LogP contribution in [0.4, 0.5) is 4.79 Å². The van der Waals surface area contributed by atoms with Gasteiger partial charge in [-0.3, -0.25) is 9.59 Å². The fourth-order valence-corrected chi connectivity index (χ4v) is 2.94. The molecule has 2 aromatic carbocycles. The van der Waals surface area contributed by atoms with Crippen LogP contribution in [0, 0.1) is 0 Å². The van der Waals surface area contributed by atoms with Gasteiger partial charge in [0.25, 0.3) is 0 Å². The Labute approximate surface area is 250 Å². The quantitative estimate of drug-likeness (QED) is 0.219. The molecule has 0 aromatic heterocycles. The number of carbonyl (C=O) groups excluding carboxylic acids is 3. The molecule has 41 heavy (non-hydrogen) atoms. The van der Waals surface area contributed by atoms with E-state index >= 15 is 0 Å². The van der Waals surface area contributed by atoms with Gasteiger partial charge in [0.15, 0.2) is 0 Å². The van der Waals surface area contributed by atoms with Crippen molar-refractivity contribution in [3.05, 3.63) is 71.8 Å². The predicted molar refractivity (Wildman–Crippen MR) is 160 cm³/mol. The largest absolute Gasteiger partial charge is 0.461 e. The number of rotatable bonds is 11. The Morgan fingerprint density at radius 2 is 1.22 bits per heavy atom. The molecule has 4 atom stereocenters. The number of ether oxygens (including phenoxy) is 3. The number of aliphatic hydroxyl groups is 2. The zero-order chi connectivity index (χ0) is 29.4. The number of benzene rings is 2. The van der Waals surface area contributed by atoms with Crippen LogP contribution in [0.15, 0.2) is 60.7 Å². The number of carbonyl (C=O) groups is 3. The molecule has 5 N–H and O–H groups in total. The van der Waals surface area contributed by atoms with Crippen LogP contribution in [0.5, 0.6) is 0 Å². The van der Waals surface area contributed by atoms with Crippen molar-refractivity contribution in [1.29, 1.82) is 0 Å². The number of amides is 1. The summed E-state index contributed by atoms with van der Waals surface area (Å²) in [4.78, 5) is 34.9. The van der Waals surface area contributed by atoms with E-state index < -0.39 is 47.9 Å². The van der Waals surface area contributed by atoms with Gasteiger partial charge in [-0.25, -0.2) is 4.79 Å². The van der Waals surface area contributed by atoms with Crippen molar-refractivity contribution in [2.24, 2.45) is 5.73 Å². The Bertz CT molecular complexity index is 999. The summed E-state index contributed by atoms with van der Waals surface area (Å²) in [6, 6.07) is 17.3. The highest BCUT2D eigenvalue weighted by atomic mass is 35.5. The minimum Gasteiger partial charge on any atom is -0.461 e. The molecular formula is C30H47ClN2O8. The number of halogens is 1. The number of hydrogen-bond donors (Lipinski definition) is 4. The zero-order valence-electron chi connectivity index (χ0n) is 23.7. The molecule has 10 nitrogen and oxygen atoms in total. The van der Waals surface area contributed by atoms with E-state index in [9.17, 15) is 19.5 Å². The Morgan fingerprint density at radius 1 is 0.805 bits per heavy atom. The molecule has 0 aliphatic rings. The van der Waals surface area contributed by atoms with Crippen molar-refractivity contribution in [1.82, 2.24) is 5.32 Å². The van der Waals surface area contributed by atoms with Crippen LogP contribution in [-0.4, -0.2) is 58.1 Å². The number of nitrogens with one attached hydrogen (secondary N) is 1. The normalized spacial score (nSPS) is 13.3. The first-order valence-electron chi connectivity index (χ1n) is 12.8. The summed E-state index contributed by atoms with van der Waals surface area (Å²) in [6.07, 6.45) is -2.40. The summed E-state index contributed by atoms with van der Waals surface area (Å²) >= 11 is 0.